The number of hydrogen-bond donors (Lipinski definition) is 2. The Bertz CT molecular complexity index is 403. The lowest BCUT2D eigenvalue weighted by Crippen LogP contribution is -2.48. The van der Waals surface area contributed by atoms with Crippen LogP contribution in [0.25, 0.3) is 0 Å². The summed E-state index contributed by atoms with van der Waals surface area (Å²) in [7, 11) is 1.63. The van der Waals surface area contributed by atoms with Gasteiger partial charge in [0.25, 0.3) is 0 Å². The van der Waals surface area contributed by atoms with Crippen LogP contribution in [0.3, 0.4) is 0 Å². The summed E-state index contributed by atoms with van der Waals surface area (Å²) in [5.41, 5.74) is 0. The Morgan fingerprint density at radius 2 is 1.90 bits per heavy atom. The molecular formula is C16H25NO4. The number of aliphatic hydroxyl groups is 1. The molecule has 2 N–H and O–H groups in total. The molecule has 1 aromatic rings. The minimum absolute atomic E-state index is 0.279. The number of hydrogen-bond acceptors (Lipinski definition) is 5. The normalized spacial score (nSPS) is 22.4. The Morgan fingerprint density at radius 1 is 1.24 bits per heavy atom. The van der Waals surface area contributed by atoms with Crippen molar-refractivity contribution in [3.63, 3.8) is 0 Å². The topological polar surface area (TPSA) is 60.0 Å². The van der Waals surface area contributed by atoms with E-state index in [-0.39, 0.29) is 6.61 Å². The Labute approximate surface area is 126 Å². The molecule has 0 radical (unpaired) electrons. The van der Waals surface area contributed by atoms with Gasteiger partial charge in [-0.15, -0.1) is 0 Å². The molecule has 118 valence electrons. The first-order valence-electron chi connectivity index (χ1n) is 7.51. The van der Waals surface area contributed by atoms with Crippen LogP contribution in [0, 0.1) is 0 Å². The molecule has 0 saturated heterocycles. The van der Waals surface area contributed by atoms with Gasteiger partial charge in [0, 0.05) is 19.2 Å². The third kappa shape index (κ3) is 5.19. The zero-order valence-electron chi connectivity index (χ0n) is 12.7. The Morgan fingerprint density at radius 3 is 2.52 bits per heavy atom. The molecule has 1 aromatic carbocycles. The summed E-state index contributed by atoms with van der Waals surface area (Å²) in [6.07, 6.45) is 1.93. The third-order valence-corrected chi connectivity index (χ3v) is 3.64. The molecule has 1 atom stereocenters. The molecule has 5 nitrogen and oxygen atoms in total. The molecule has 1 aliphatic carbocycles. The Balaban J connectivity index is 1.58. The second-order valence-electron chi connectivity index (χ2n) is 5.29. The molecule has 0 aliphatic heterocycles. The highest BCUT2D eigenvalue weighted by atomic mass is 16.5. The van der Waals surface area contributed by atoms with Crippen molar-refractivity contribution in [2.75, 3.05) is 26.9 Å². The minimum Gasteiger partial charge on any atom is -0.497 e. The molecule has 0 bridgehead atoms. The highest BCUT2D eigenvalue weighted by molar-refractivity contribution is 5.31. The van der Waals surface area contributed by atoms with Crippen LogP contribution in [0.15, 0.2) is 24.3 Å². The fraction of sp³-hybridized carbons (Fsp3) is 0.625. The number of aliphatic hydroxyl groups excluding tert-OH is 1. The van der Waals surface area contributed by atoms with E-state index in [1.54, 1.807) is 7.11 Å². The second-order valence-corrected chi connectivity index (χ2v) is 5.29. The van der Waals surface area contributed by atoms with Crippen molar-refractivity contribution in [2.24, 2.45) is 0 Å². The van der Waals surface area contributed by atoms with E-state index in [1.165, 1.54) is 0 Å². The molecular weight excluding hydrogens is 270 g/mol. The maximum atomic E-state index is 9.91. The predicted molar refractivity (Wildman–Crippen MR) is 80.9 cm³/mol. The number of ether oxygens (including phenoxy) is 3. The van der Waals surface area contributed by atoms with Gasteiger partial charge in [0.2, 0.25) is 0 Å². The largest absolute Gasteiger partial charge is 0.497 e. The van der Waals surface area contributed by atoms with Gasteiger partial charge in [0.05, 0.1) is 13.2 Å². The van der Waals surface area contributed by atoms with Gasteiger partial charge in [-0.3, -0.25) is 0 Å². The first-order chi connectivity index (χ1) is 10.2. The van der Waals surface area contributed by atoms with Crippen molar-refractivity contribution in [1.29, 1.82) is 0 Å². The van der Waals surface area contributed by atoms with E-state index < -0.39 is 6.10 Å². The van der Waals surface area contributed by atoms with Crippen molar-refractivity contribution in [1.82, 2.24) is 5.32 Å². The average molecular weight is 295 g/mol. The zero-order valence-corrected chi connectivity index (χ0v) is 12.7. The fourth-order valence-corrected chi connectivity index (χ4v) is 2.33. The molecule has 1 unspecified atom stereocenters. The summed E-state index contributed by atoms with van der Waals surface area (Å²) in [6, 6.07) is 7.79. The van der Waals surface area contributed by atoms with Gasteiger partial charge < -0.3 is 24.6 Å². The monoisotopic (exact) mass is 295 g/mol. The smallest absolute Gasteiger partial charge is 0.119 e. The van der Waals surface area contributed by atoms with Crippen LogP contribution in [0.2, 0.25) is 0 Å². The van der Waals surface area contributed by atoms with Gasteiger partial charge in [0.1, 0.15) is 24.2 Å². The van der Waals surface area contributed by atoms with Gasteiger partial charge in [-0.05, 0) is 44.0 Å². The van der Waals surface area contributed by atoms with Gasteiger partial charge in [0.15, 0.2) is 0 Å². The number of rotatable bonds is 9. The fourth-order valence-electron chi connectivity index (χ4n) is 2.33. The van der Waals surface area contributed by atoms with Crippen molar-refractivity contribution >= 4 is 0 Å². The highest BCUT2D eigenvalue weighted by Crippen LogP contribution is 2.23. The summed E-state index contributed by atoms with van der Waals surface area (Å²) < 4.78 is 16.1. The van der Waals surface area contributed by atoms with Crippen LogP contribution >= 0.6 is 0 Å². The summed E-state index contributed by atoms with van der Waals surface area (Å²) in [5.74, 6) is 1.52. The summed E-state index contributed by atoms with van der Waals surface area (Å²) in [6.45, 7) is 3.61. The van der Waals surface area contributed by atoms with Gasteiger partial charge in [-0.2, -0.15) is 0 Å². The van der Waals surface area contributed by atoms with E-state index in [0.29, 0.717) is 18.7 Å². The molecule has 1 saturated carbocycles. The van der Waals surface area contributed by atoms with Crippen molar-refractivity contribution in [3.8, 4) is 11.5 Å². The van der Waals surface area contributed by atoms with Crippen LogP contribution < -0.4 is 14.8 Å². The lowest BCUT2D eigenvalue weighted by Gasteiger charge is -2.36. The highest BCUT2D eigenvalue weighted by Gasteiger charge is 2.29. The lowest BCUT2D eigenvalue weighted by molar-refractivity contribution is -0.0134. The molecule has 0 amide bonds. The van der Waals surface area contributed by atoms with Crippen molar-refractivity contribution in [3.05, 3.63) is 24.3 Å². The number of benzene rings is 1. The van der Waals surface area contributed by atoms with Crippen LogP contribution in [0.4, 0.5) is 0 Å². The molecule has 0 heterocycles. The number of nitrogens with one attached hydrogen (secondary N) is 1. The molecule has 1 aliphatic rings. The summed E-state index contributed by atoms with van der Waals surface area (Å²) >= 11 is 0. The van der Waals surface area contributed by atoms with Gasteiger partial charge in [-0.25, -0.2) is 0 Å². The van der Waals surface area contributed by atoms with E-state index >= 15 is 0 Å². The molecule has 0 spiro atoms. The average Bonchev–Trinajstić information content (AvgIpc) is 2.47. The summed E-state index contributed by atoms with van der Waals surface area (Å²) in [5, 5.41) is 13.2. The summed E-state index contributed by atoms with van der Waals surface area (Å²) in [4.78, 5) is 0. The maximum absolute atomic E-state index is 9.91. The van der Waals surface area contributed by atoms with Gasteiger partial charge >= 0.3 is 0 Å². The first-order valence-corrected chi connectivity index (χ1v) is 7.51. The molecule has 0 aromatic heterocycles. The van der Waals surface area contributed by atoms with E-state index in [1.807, 2.05) is 31.2 Å². The molecule has 2 rings (SSSR count). The molecule has 1 fully saturated rings. The second kappa shape index (κ2) is 8.22. The van der Waals surface area contributed by atoms with Crippen LogP contribution in [0.5, 0.6) is 11.5 Å². The third-order valence-electron chi connectivity index (χ3n) is 3.64. The van der Waals surface area contributed by atoms with E-state index in [2.05, 4.69) is 5.32 Å². The quantitative estimate of drug-likeness (QED) is 0.724. The van der Waals surface area contributed by atoms with Crippen LogP contribution in [-0.2, 0) is 4.74 Å². The van der Waals surface area contributed by atoms with E-state index in [9.17, 15) is 5.11 Å². The lowest BCUT2D eigenvalue weighted by atomic mass is 9.89. The minimum atomic E-state index is -0.516. The Kier molecular flexibility index (Phi) is 6.29. The SMILES string of the molecule is CCOC1CC(NCC(O)COc2ccc(OC)cc2)C1. The maximum Gasteiger partial charge on any atom is 0.119 e. The first kappa shape index (κ1) is 16.1. The molecule has 21 heavy (non-hydrogen) atoms. The van der Waals surface area contributed by atoms with Crippen LogP contribution in [0.1, 0.15) is 19.8 Å². The van der Waals surface area contributed by atoms with E-state index in [0.717, 1.165) is 30.9 Å². The predicted octanol–water partition coefficient (Wildman–Crippen LogP) is 1.59. The van der Waals surface area contributed by atoms with Crippen molar-refractivity contribution in [2.45, 2.75) is 38.0 Å². The van der Waals surface area contributed by atoms with Gasteiger partial charge in [-0.1, -0.05) is 0 Å². The van der Waals surface area contributed by atoms with Crippen LogP contribution in [-0.4, -0.2) is 50.2 Å². The molecule has 5 heteroatoms. The zero-order chi connectivity index (χ0) is 15.1. The Hall–Kier alpha value is -1.30. The number of methoxy groups -OCH3 is 1. The van der Waals surface area contributed by atoms with Crippen molar-refractivity contribution < 1.29 is 19.3 Å². The standard InChI is InChI=1S/C16H25NO4/c1-3-20-16-8-12(9-16)17-10-13(18)11-21-15-6-4-14(19-2)5-7-15/h4-7,12-13,16-18H,3,8-11H2,1-2H3. The van der Waals surface area contributed by atoms with E-state index in [4.69, 9.17) is 14.2 Å².